The van der Waals surface area contributed by atoms with Crippen LogP contribution in [-0.2, 0) is 25.8 Å². The van der Waals surface area contributed by atoms with Crippen molar-refractivity contribution in [2.75, 3.05) is 0 Å². The molecule has 2 atom stereocenters. The third kappa shape index (κ3) is 7.68. The van der Waals surface area contributed by atoms with Crippen LogP contribution in [0.1, 0.15) is 11.1 Å². The van der Waals surface area contributed by atoms with Crippen molar-refractivity contribution in [2.45, 2.75) is 12.3 Å². The quantitative estimate of drug-likeness (QED) is 0.754. The van der Waals surface area contributed by atoms with Crippen molar-refractivity contribution in [3.63, 3.8) is 0 Å². The zero-order chi connectivity index (χ0) is 15.3. The van der Waals surface area contributed by atoms with Gasteiger partial charge in [0.1, 0.15) is 15.2 Å². The molecule has 8 N–H and O–H groups in total. The van der Waals surface area contributed by atoms with Gasteiger partial charge >= 0.3 is 0 Å². The fraction of sp³-hybridized carbons (Fsp3) is 0.143. The molecule has 0 saturated carbocycles. The Morgan fingerprint density at radius 3 is 1.30 bits per heavy atom. The van der Waals surface area contributed by atoms with E-state index in [1.165, 1.54) is 0 Å². The highest BCUT2D eigenvalue weighted by Gasteiger charge is 2.19. The van der Waals surface area contributed by atoms with Crippen LogP contribution in [0.3, 0.4) is 0 Å². The molecule has 0 aliphatic heterocycles. The summed E-state index contributed by atoms with van der Waals surface area (Å²) >= 11 is 0. The molecule has 0 aromatic heterocycles. The first-order valence-corrected chi connectivity index (χ1v) is 9.71. The molecule has 2 rings (SSSR count). The third-order valence-corrected chi connectivity index (χ3v) is 6.18. The van der Waals surface area contributed by atoms with Gasteiger partial charge in [0.15, 0.2) is 0 Å². The second kappa shape index (κ2) is 9.11. The van der Waals surface area contributed by atoms with Gasteiger partial charge in [-0.1, -0.05) is 60.7 Å². The highest BCUT2D eigenvalue weighted by atomic mass is 31.3. The van der Waals surface area contributed by atoms with E-state index < -0.39 is 27.5 Å². The second-order valence-electron chi connectivity index (χ2n) is 4.59. The summed E-state index contributed by atoms with van der Waals surface area (Å²) in [6.07, 6.45) is -0.899. The summed E-state index contributed by atoms with van der Waals surface area (Å²) in [4.78, 5) is 23.7. The Bertz CT molecular complexity index is 623. The highest BCUT2D eigenvalue weighted by molar-refractivity contribution is 7.64. The predicted molar refractivity (Wildman–Crippen MR) is 88.6 cm³/mol. The summed E-state index contributed by atoms with van der Waals surface area (Å²) in [6.45, 7) is 0. The molecule has 0 aliphatic rings. The number of quaternary nitrogens is 2. The largest absolute Gasteiger partial charge is 0.778 e. The van der Waals surface area contributed by atoms with Gasteiger partial charge in [-0.3, -0.25) is 4.31 Å². The average Bonchev–Trinajstić information content (AvgIpc) is 2.38. The van der Waals surface area contributed by atoms with Crippen molar-refractivity contribution >= 4 is 15.2 Å². The van der Waals surface area contributed by atoms with Gasteiger partial charge in [0, 0.05) is 12.3 Å². The lowest BCUT2D eigenvalue weighted by molar-refractivity contribution is -0.214. The Hall–Kier alpha value is -1.30. The lowest BCUT2D eigenvalue weighted by Crippen LogP contribution is -2.12. The van der Waals surface area contributed by atoms with E-state index in [-0.39, 0.29) is 12.3 Å². The molecule has 0 aliphatic carbocycles. The minimum Gasteiger partial charge on any atom is -0.778 e. The first kappa shape index (κ1) is 21.7. The van der Waals surface area contributed by atoms with E-state index in [2.05, 4.69) is 4.31 Å². The lowest BCUT2D eigenvalue weighted by Gasteiger charge is -2.32. The molecule has 2 aromatic carbocycles. The molecule has 2 aromatic rings. The lowest BCUT2D eigenvalue weighted by atomic mass is 10.2. The Balaban J connectivity index is 0.00000242. The Kier molecular flexibility index (Phi) is 8.59. The monoisotopic (exact) mass is 360 g/mol. The molecule has 0 bridgehead atoms. The Morgan fingerprint density at radius 1 is 0.696 bits per heavy atom. The van der Waals surface area contributed by atoms with E-state index in [9.17, 15) is 18.9 Å². The molecule has 0 fully saturated rings. The van der Waals surface area contributed by atoms with Gasteiger partial charge in [-0.05, 0) is 11.1 Å². The van der Waals surface area contributed by atoms with Crippen LogP contribution in [-0.4, -0.2) is 0 Å². The zero-order valence-electron chi connectivity index (χ0n) is 13.1. The van der Waals surface area contributed by atoms with Gasteiger partial charge in [0.25, 0.3) is 0 Å². The highest BCUT2D eigenvalue weighted by Crippen LogP contribution is 2.57. The Labute approximate surface area is 135 Å². The first-order valence-electron chi connectivity index (χ1n) is 6.26. The SMILES string of the molecule is O=P([O-])(Cc1ccccc1)OP(=O)([O-])Cc1ccccc1.[NH4+].[NH4+]. The zero-order valence-corrected chi connectivity index (χ0v) is 14.9. The van der Waals surface area contributed by atoms with Gasteiger partial charge in [-0.2, -0.15) is 0 Å². The molecule has 0 radical (unpaired) electrons. The molecule has 23 heavy (non-hydrogen) atoms. The molecule has 0 spiro atoms. The summed E-state index contributed by atoms with van der Waals surface area (Å²) in [5.41, 5.74) is 0.964. The van der Waals surface area contributed by atoms with Gasteiger partial charge in [0.05, 0.1) is 0 Å². The maximum Gasteiger partial charge on any atom is 0.145 e. The number of benzene rings is 2. The van der Waals surface area contributed by atoms with Crippen LogP contribution in [0.5, 0.6) is 0 Å². The Morgan fingerprint density at radius 2 is 1.00 bits per heavy atom. The van der Waals surface area contributed by atoms with Crippen molar-refractivity contribution in [1.29, 1.82) is 0 Å². The van der Waals surface area contributed by atoms with E-state index in [1.54, 1.807) is 60.7 Å². The molecule has 0 saturated heterocycles. The minimum absolute atomic E-state index is 0. The van der Waals surface area contributed by atoms with Crippen LogP contribution >= 0.6 is 15.2 Å². The van der Waals surface area contributed by atoms with E-state index in [1.807, 2.05) is 0 Å². The van der Waals surface area contributed by atoms with Crippen LogP contribution in [0.25, 0.3) is 0 Å². The molecular formula is C14H22N2O5P2. The van der Waals surface area contributed by atoms with E-state index in [4.69, 9.17) is 0 Å². The van der Waals surface area contributed by atoms with Gasteiger partial charge in [0.2, 0.25) is 0 Å². The van der Waals surface area contributed by atoms with Crippen LogP contribution in [0.2, 0.25) is 0 Å². The van der Waals surface area contributed by atoms with Crippen LogP contribution in [0, 0.1) is 0 Å². The van der Waals surface area contributed by atoms with Crippen LogP contribution in [0.4, 0.5) is 0 Å². The maximum atomic E-state index is 11.8. The van der Waals surface area contributed by atoms with E-state index >= 15 is 0 Å². The summed E-state index contributed by atoms with van der Waals surface area (Å²) < 4.78 is 28.1. The van der Waals surface area contributed by atoms with Crippen molar-refractivity contribution in [3.8, 4) is 0 Å². The normalized spacial score (nSPS) is 15.4. The van der Waals surface area contributed by atoms with Crippen molar-refractivity contribution in [2.24, 2.45) is 0 Å². The van der Waals surface area contributed by atoms with Gasteiger partial charge < -0.3 is 31.2 Å². The second-order valence-corrected chi connectivity index (χ2v) is 8.32. The van der Waals surface area contributed by atoms with Crippen molar-refractivity contribution in [1.82, 2.24) is 12.3 Å². The minimum atomic E-state index is -4.50. The molecule has 7 nitrogen and oxygen atoms in total. The first-order chi connectivity index (χ1) is 9.86. The van der Waals surface area contributed by atoms with Crippen molar-refractivity contribution in [3.05, 3.63) is 71.8 Å². The topological polar surface area (TPSA) is 162 Å². The standard InChI is InChI=1S/C14H16O5P2.2H3N/c15-20(16,11-13-7-3-1-4-8-13)19-21(17,18)12-14-9-5-2-6-10-14;;/h1-10H,11-12H2,(H,15,16)(H,17,18);2*1H3. The number of rotatable bonds is 6. The summed E-state index contributed by atoms with van der Waals surface area (Å²) in [5, 5.41) is 0. The fourth-order valence-electron chi connectivity index (χ4n) is 1.86. The number of hydrogen-bond acceptors (Lipinski definition) is 5. The molecule has 0 amide bonds. The summed E-state index contributed by atoms with van der Waals surface area (Å²) in [6, 6.07) is 16.6. The summed E-state index contributed by atoms with van der Waals surface area (Å²) in [7, 11) is -9.00. The van der Waals surface area contributed by atoms with Crippen molar-refractivity contribution < 1.29 is 23.2 Å². The molecule has 2 unspecified atom stereocenters. The number of hydrogen-bond donors (Lipinski definition) is 2. The van der Waals surface area contributed by atoms with Gasteiger partial charge in [-0.15, -0.1) is 0 Å². The smallest absolute Gasteiger partial charge is 0.145 e. The fourth-order valence-corrected chi connectivity index (χ4v) is 5.16. The molecule has 9 heteroatoms. The van der Waals surface area contributed by atoms with E-state index in [0.717, 1.165) is 0 Å². The average molecular weight is 360 g/mol. The molecule has 128 valence electrons. The maximum absolute atomic E-state index is 11.8. The predicted octanol–water partition coefficient (Wildman–Crippen LogP) is 3.26. The van der Waals surface area contributed by atoms with Gasteiger partial charge in [-0.25, -0.2) is 0 Å². The molecular weight excluding hydrogens is 338 g/mol. The summed E-state index contributed by atoms with van der Waals surface area (Å²) in [5.74, 6) is 0. The molecule has 0 heterocycles. The third-order valence-electron chi connectivity index (χ3n) is 2.69. The van der Waals surface area contributed by atoms with Crippen LogP contribution < -0.4 is 22.1 Å². The van der Waals surface area contributed by atoms with Crippen LogP contribution in [0.15, 0.2) is 60.7 Å². The van der Waals surface area contributed by atoms with E-state index in [0.29, 0.717) is 11.1 Å².